The van der Waals surface area contributed by atoms with Gasteiger partial charge in [-0.25, -0.2) is 0 Å². The van der Waals surface area contributed by atoms with E-state index >= 15 is 0 Å². The largest absolute Gasteiger partial charge is 0.341 e. The van der Waals surface area contributed by atoms with Crippen LogP contribution in [0.15, 0.2) is 0 Å². The molecule has 3 nitrogen and oxygen atoms in total. The van der Waals surface area contributed by atoms with Crippen LogP contribution in [0.25, 0.3) is 0 Å². The Kier molecular flexibility index (Phi) is 6.50. The van der Waals surface area contributed by atoms with Gasteiger partial charge in [-0.1, -0.05) is 26.7 Å². The van der Waals surface area contributed by atoms with E-state index in [1.54, 1.807) is 11.8 Å². The van der Waals surface area contributed by atoms with Gasteiger partial charge in [-0.05, 0) is 36.7 Å². The zero-order chi connectivity index (χ0) is 13.6. The molecule has 0 unspecified atom stereocenters. The quantitative estimate of drug-likeness (QED) is 0.808. The van der Waals surface area contributed by atoms with E-state index in [1.807, 2.05) is 4.90 Å². The summed E-state index contributed by atoms with van der Waals surface area (Å²) in [6, 6.07) is -0.298. The van der Waals surface area contributed by atoms with E-state index in [2.05, 4.69) is 20.1 Å². The molecule has 0 aromatic heterocycles. The highest BCUT2D eigenvalue weighted by atomic mass is 32.2. The first kappa shape index (κ1) is 15.8. The Hall–Kier alpha value is -0.220. The summed E-state index contributed by atoms with van der Waals surface area (Å²) in [6.45, 7) is 6.33. The van der Waals surface area contributed by atoms with Gasteiger partial charge in [0.05, 0.1) is 6.04 Å². The summed E-state index contributed by atoms with van der Waals surface area (Å²) in [5.41, 5.74) is 6.43. The number of nitrogens with two attached hydrogens (primary N) is 1. The monoisotopic (exact) mass is 272 g/mol. The highest BCUT2D eigenvalue weighted by molar-refractivity contribution is 7.98. The van der Waals surface area contributed by atoms with E-state index in [4.69, 9.17) is 5.73 Å². The number of carbonyl (C=O) groups is 1. The van der Waals surface area contributed by atoms with Gasteiger partial charge in [0, 0.05) is 13.1 Å². The Labute approximate surface area is 116 Å². The van der Waals surface area contributed by atoms with Crippen molar-refractivity contribution in [2.24, 2.45) is 11.1 Å². The van der Waals surface area contributed by atoms with Crippen molar-refractivity contribution in [3.63, 3.8) is 0 Å². The van der Waals surface area contributed by atoms with Gasteiger partial charge in [0.15, 0.2) is 0 Å². The van der Waals surface area contributed by atoms with E-state index in [0.29, 0.717) is 5.41 Å². The number of nitrogens with zero attached hydrogens (tertiary/aromatic N) is 1. The molecule has 0 aromatic carbocycles. The number of piperidine rings is 1. The molecular formula is C14H28N2OS. The number of hydrogen-bond donors (Lipinski definition) is 1. The average Bonchev–Trinajstić information content (AvgIpc) is 2.44. The van der Waals surface area contributed by atoms with Gasteiger partial charge in [0.1, 0.15) is 0 Å². The maximum Gasteiger partial charge on any atom is 0.239 e. The van der Waals surface area contributed by atoms with Gasteiger partial charge in [0.2, 0.25) is 5.91 Å². The van der Waals surface area contributed by atoms with Crippen molar-refractivity contribution in [2.45, 2.75) is 52.0 Å². The Morgan fingerprint density at radius 3 is 2.33 bits per heavy atom. The number of amides is 1. The number of rotatable bonds is 6. The molecule has 0 aromatic rings. The van der Waals surface area contributed by atoms with Crippen LogP contribution < -0.4 is 5.73 Å². The lowest BCUT2D eigenvalue weighted by Gasteiger charge is -2.41. The molecule has 1 atom stereocenters. The van der Waals surface area contributed by atoms with Crippen LogP contribution in [0.3, 0.4) is 0 Å². The Morgan fingerprint density at radius 1 is 1.33 bits per heavy atom. The van der Waals surface area contributed by atoms with Gasteiger partial charge in [-0.3, -0.25) is 4.79 Å². The summed E-state index contributed by atoms with van der Waals surface area (Å²) in [5, 5.41) is 0. The minimum Gasteiger partial charge on any atom is -0.341 e. The molecule has 1 aliphatic rings. The highest BCUT2D eigenvalue weighted by Gasteiger charge is 2.33. The second-order valence-corrected chi connectivity index (χ2v) is 6.41. The molecule has 0 aliphatic carbocycles. The first-order valence-corrected chi connectivity index (χ1v) is 8.51. The average molecular weight is 272 g/mol. The Morgan fingerprint density at radius 2 is 1.89 bits per heavy atom. The molecule has 2 N–H and O–H groups in total. The normalized spacial score (nSPS) is 20.8. The van der Waals surface area contributed by atoms with Crippen LogP contribution in [-0.2, 0) is 4.79 Å². The molecule has 1 fully saturated rings. The number of carbonyl (C=O) groups excluding carboxylic acids is 1. The van der Waals surface area contributed by atoms with Crippen molar-refractivity contribution in [1.29, 1.82) is 0 Å². The first-order valence-electron chi connectivity index (χ1n) is 7.12. The predicted octanol–water partition coefficient (Wildman–Crippen LogP) is 2.50. The van der Waals surface area contributed by atoms with E-state index in [9.17, 15) is 4.79 Å². The molecule has 1 heterocycles. The fraction of sp³-hybridized carbons (Fsp3) is 0.929. The van der Waals surface area contributed by atoms with Crippen molar-refractivity contribution < 1.29 is 4.79 Å². The molecule has 0 saturated carbocycles. The fourth-order valence-electron chi connectivity index (χ4n) is 2.76. The smallest absolute Gasteiger partial charge is 0.239 e. The summed E-state index contributed by atoms with van der Waals surface area (Å²) < 4.78 is 0. The van der Waals surface area contributed by atoms with Crippen LogP contribution in [0.2, 0.25) is 0 Å². The maximum atomic E-state index is 12.2. The third-order valence-corrected chi connectivity index (χ3v) is 5.23. The van der Waals surface area contributed by atoms with Crippen LogP contribution >= 0.6 is 11.8 Å². The Balaban J connectivity index is 2.44. The number of thioether (sulfide) groups is 1. The van der Waals surface area contributed by atoms with Crippen LogP contribution in [0.1, 0.15) is 46.0 Å². The Bertz CT molecular complexity index is 257. The van der Waals surface area contributed by atoms with Crippen molar-refractivity contribution in [2.75, 3.05) is 25.1 Å². The van der Waals surface area contributed by atoms with E-state index in [0.717, 1.165) is 38.1 Å². The third kappa shape index (κ3) is 3.89. The zero-order valence-corrected chi connectivity index (χ0v) is 12.9. The molecule has 1 amide bonds. The lowest BCUT2D eigenvalue weighted by Crippen LogP contribution is -2.49. The predicted molar refractivity (Wildman–Crippen MR) is 79.8 cm³/mol. The highest BCUT2D eigenvalue weighted by Crippen LogP contribution is 2.37. The van der Waals surface area contributed by atoms with E-state index in [1.165, 1.54) is 12.8 Å². The van der Waals surface area contributed by atoms with E-state index < -0.39 is 0 Å². The summed E-state index contributed by atoms with van der Waals surface area (Å²) >= 11 is 1.75. The van der Waals surface area contributed by atoms with Crippen molar-refractivity contribution in [3.8, 4) is 0 Å². The van der Waals surface area contributed by atoms with Gasteiger partial charge < -0.3 is 10.6 Å². The second-order valence-electron chi connectivity index (χ2n) is 5.42. The molecule has 0 radical (unpaired) electrons. The van der Waals surface area contributed by atoms with Crippen LogP contribution in [0.4, 0.5) is 0 Å². The summed E-state index contributed by atoms with van der Waals surface area (Å²) in [6.07, 6.45) is 7.58. The summed E-state index contributed by atoms with van der Waals surface area (Å²) in [5.74, 6) is 1.12. The van der Waals surface area contributed by atoms with Crippen molar-refractivity contribution in [3.05, 3.63) is 0 Å². The maximum absolute atomic E-state index is 12.2. The lowest BCUT2D eigenvalue weighted by atomic mass is 9.74. The lowest BCUT2D eigenvalue weighted by molar-refractivity contribution is -0.135. The van der Waals surface area contributed by atoms with Crippen LogP contribution in [-0.4, -0.2) is 41.9 Å². The second kappa shape index (κ2) is 7.39. The van der Waals surface area contributed by atoms with Crippen LogP contribution in [0, 0.1) is 5.41 Å². The zero-order valence-electron chi connectivity index (χ0n) is 12.1. The molecule has 4 heteroatoms. The van der Waals surface area contributed by atoms with Gasteiger partial charge in [-0.2, -0.15) is 11.8 Å². The van der Waals surface area contributed by atoms with Crippen LogP contribution in [0.5, 0.6) is 0 Å². The SMILES string of the molecule is CCC1(CC)CCN(C(=O)[C@@H](N)CCSC)CC1. The summed E-state index contributed by atoms with van der Waals surface area (Å²) in [7, 11) is 0. The molecule has 1 aliphatic heterocycles. The molecule has 106 valence electrons. The van der Waals surface area contributed by atoms with Gasteiger partial charge >= 0.3 is 0 Å². The number of likely N-dealkylation sites (tertiary alicyclic amines) is 1. The molecule has 18 heavy (non-hydrogen) atoms. The fourth-order valence-corrected chi connectivity index (χ4v) is 3.25. The molecule has 1 rings (SSSR count). The molecule has 1 saturated heterocycles. The topological polar surface area (TPSA) is 46.3 Å². The van der Waals surface area contributed by atoms with Gasteiger partial charge in [-0.15, -0.1) is 0 Å². The molecule has 0 spiro atoms. The molecular weight excluding hydrogens is 244 g/mol. The number of hydrogen-bond acceptors (Lipinski definition) is 3. The minimum absolute atomic E-state index is 0.157. The standard InChI is InChI=1S/C14H28N2OS/c1-4-14(5-2)7-9-16(10-8-14)13(17)12(15)6-11-18-3/h12H,4-11,15H2,1-3H3/t12-/m0/s1. The van der Waals surface area contributed by atoms with E-state index in [-0.39, 0.29) is 11.9 Å². The third-order valence-electron chi connectivity index (χ3n) is 4.59. The molecule has 0 bridgehead atoms. The minimum atomic E-state index is -0.298. The van der Waals surface area contributed by atoms with Gasteiger partial charge in [0.25, 0.3) is 0 Å². The first-order chi connectivity index (χ1) is 8.58. The summed E-state index contributed by atoms with van der Waals surface area (Å²) in [4.78, 5) is 14.2. The van der Waals surface area contributed by atoms with Crippen molar-refractivity contribution in [1.82, 2.24) is 4.90 Å². The van der Waals surface area contributed by atoms with Crippen molar-refractivity contribution >= 4 is 17.7 Å².